The predicted molar refractivity (Wildman–Crippen MR) is 120 cm³/mol. The highest BCUT2D eigenvalue weighted by molar-refractivity contribution is 5.92. The van der Waals surface area contributed by atoms with Crippen LogP contribution in [0.3, 0.4) is 0 Å². The number of hydrogen-bond donors (Lipinski definition) is 8. The first kappa shape index (κ1) is 27.2. The minimum absolute atomic E-state index is 0.000726. The van der Waals surface area contributed by atoms with Crippen LogP contribution in [0.2, 0.25) is 0 Å². The highest BCUT2D eigenvalue weighted by Crippen LogP contribution is 2.12. The van der Waals surface area contributed by atoms with Crippen LogP contribution in [0, 0.1) is 0 Å². The highest BCUT2D eigenvalue weighted by atomic mass is 16.4. The number of carbonyl (C=O) groups excluding carboxylic acids is 3. The molecule has 12 N–H and O–H groups in total. The zero-order valence-electron chi connectivity index (χ0n) is 18.1. The molecule has 0 aliphatic heterocycles. The van der Waals surface area contributed by atoms with Crippen molar-refractivity contribution in [2.75, 3.05) is 6.54 Å². The van der Waals surface area contributed by atoms with Gasteiger partial charge in [0, 0.05) is 19.4 Å². The summed E-state index contributed by atoms with van der Waals surface area (Å²) in [6, 6.07) is 2.43. The summed E-state index contributed by atoms with van der Waals surface area (Å²) in [7, 11) is 0. The topological polar surface area (TPSA) is 249 Å². The van der Waals surface area contributed by atoms with Crippen molar-refractivity contribution in [2.45, 2.75) is 50.2 Å². The summed E-state index contributed by atoms with van der Waals surface area (Å²) in [5.74, 6) is -3.53. The van der Waals surface area contributed by atoms with Crippen LogP contribution in [0.4, 0.5) is 0 Å². The fraction of sp³-hybridized carbons (Fsp3) is 0.450. The smallest absolute Gasteiger partial charge is 0.326 e. The number of nitrogens with one attached hydrogen (secondary N) is 2. The molecule has 3 amide bonds. The summed E-state index contributed by atoms with van der Waals surface area (Å²) < 4.78 is 0. The number of guanidine groups is 1. The molecular formula is C20H31N7O6. The van der Waals surface area contributed by atoms with Gasteiger partial charge < -0.3 is 43.8 Å². The summed E-state index contributed by atoms with van der Waals surface area (Å²) >= 11 is 0. The fourth-order valence-corrected chi connectivity index (χ4v) is 2.82. The summed E-state index contributed by atoms with van der Waals surface area (Å²) in [5, 5.41) is 23.6. The molecule has 0 heterocycles. The Bertz CT molecular complexity index is 855. The molecule has 0 radical (unpaired) electrons. The summed E-state index contributed by atoms with van der Waals surface area (Å²) in [6.45, 7) is 0.279. The third-order valence-electron chi connectivity index (χ3n) is 4.61. The van der Waals surface area contributed by atoms with Gasteiger partial charge in [0.15, 0.2) is 5.96 Å². The number of phenolic OH excluding ortho intramolecular Hbond substituents is 1. The Morgan fingerprint density at radius 2 is 1.55 bits per heavy atom. The second kappa shape index (κ2) is 13.5. The lowest BCUT2D eigenvalue weighted by atomic mass is 10.0. The predicted octanol–water partition coefficient (Wildman–Crippen LogP) is -2.36. The van der Waals surface area contributed by atoms with Crippen molar-refractivity contribution in [3.05, 3.63) is 29.8 Å². The maximum atomic E-state index is 12.8. The monoisotopic (exact) mass is 465 g/mol. The Morgan fingerprint density at radius 1 is 0.939 bits per heavy atom. The Morgan fingerprint density at radius 3 is 2.09 bits per heavy atom. The van der Waals surface area contributed by atoms with Crippen molar-refractivity contribution in [1.82, 2.24) is 10.6 Å². The van der Waals surface area contributed by atoms with Crippen molar-refractivity contribution in [1.29, 1.82) is 0 Å². The summed E-state index contributed by atoms with van der Waals surface area (Å²) in [4.78, 5) is 51.6. The zero-order valence-corrected chi connectivity index (χ0v) is 18.1. The lowest BCUT2D eigenvalue weighted by Crippen LogP contribution is -2.55. The van der Waals surface area contributed by atoms with Crippen LogP contribution in [0.25, 0.3) is 0 Å². The van der Waals surface area contributed by atoms with Crippen molar-refractivity contribution in [3.63, 3.8) is 0 Å². The molecule has 182 valence electrons. The number of phenols is 1. The van der Waals surface area contributed by atoms with Gasteiger partial charge in [-0.1, -0.05) is 12.1 Å². The van der Waals surface area contributed by atoms with Gasteiger partial charge in [0.05, 0.1) is 6.04 Å². The van der Waals surface area contributed by atoms with Gasteiger partial charge in [-0.15, -0.1) is 0 Å². The third kappa shape index (κ3) is 10.8. The lowest BCUT2D eigenvalue weighted by Gasteiger charge is -2.23. The molecule has 1 rings (SSSR count). The van der Waals surface area contributed by atoms with E-state index in [-0.39, 0.29) is 43.9 Å². The molecule has 1 aromatic rings. The largest absolute Gasteiger partial charge is 0.508 e. The molecule has 0 aromatic heterocycles. The molecule has 0 spiro atoms. The van der Waals surface area contributed by atoms with E-state index in [0.29, 0.717) is 12.0 Å². The fourth-order valence-electron chi connectivity index (χ4n) is 2.82. The van der Waals surface area contributed by atoms with Gasteiger partial charge >= 0.3 is 5.97 Å². The van der Waals surface area contributed by atoms with E-state index in [1.807, 2.05) is 0 Å². The number of primary amides is 1. The maximum Gasteiger partial charge on any atom is 0.326 e. The maximum absolute atomic E-state index is 12.8. The number of hydrogen-bond acceptors (Lipinski definition) is 7. The molecule has 0 saturated carbocycles. The van der Waals surface area contributed by atoms with Crippen molar-refractivity contribution in [2.24, 2.45) is 27.9 Å². The molecule has 0 aliphatic carbocycles. The number of aromatic hydroxyl groups is 1. The number of aliphatic carboxylic acids is 1. The van der Waals surface area contributed by atoms with Crippen LogP contribution < -0.4 is 33.6 Å². The molecule has 13 nitrogen and oxygen atoms in total. The van der Waals surface area contributed by atoms with Crippen molar-refractivity contribution < 1.29 is 29.4 Å². The number of rotatable bonds is 14. The SMILES string of the molecule is NC(=O)CC[C@H](NC(=O)[C@H](Cc1ccc(O)cc1)NC(=O)[C@@H](N)CCCN=C(N)N)C(=O)O. The first-order valence-corrected chi connectivity index (χ1v) is 10.2. The van der Waals surface area contributed by atoms with Gasteiger partial charge in [-0.2, -0.15) is 0 Å². The quantitative estimate of drug-likeness (QED) is 0.0829. The Labute approximate surface area is 190 Å². The van der Waals surface area contributed by atoms with E-state index in [1.54, 1.807) is 12.1 Å². The number of nitrogens with zero attached hydrogens (tertiary/aromatic N) is 1. The number of benzene rings is 1. The van der Waals surface area contributed by atoms with Gasteiger partial charge in [-0.05, 0) is 37.0 Å². The van der Waals surface area contributed by atoms with Crippen LogP contribution in [-0.4, -0.2) is 64.5 Å². The first-order chi connectivity index (χ1) is 15.5. The molecular weight excluding hydrogens is 434 g/mol. The van der Waals surface area contributed by atoms with Crippen LogP contribution >= 0.6 is 0 Å². The highest BCUT2D eigenvalue weighted by Gasteiger charge is 2.28. The molecule has 0 unspecified atom stereocenters. The zero-order chi connectivity index (χ0) is 25.0. The van der Waals surface area contributed by atoms with E-state index in [1.165, 1.54) is 12.1 Å². The van der Waals surface area contributed by atoms with Crippen molar-refractivity contribution >= 4 is 29.7 Å². The molecule has 0 saturated heterocycles. The second-order valence-electron chi connectivity index (χ2n) is 7.39. The van der Waals surface area contributed by atoms with E-state index in [9.17, 15) is 29.4 Å². The second-order valence-corrected chi connectivity index (χ2v) is 7.39. The van der Waals surface area contributed by atoms with Crippen LogP contribution in [-0.2, 0) is 25.6 Å². The lowest BCUT2D eigenvalue weighted by molar-refractivity contribution is -0.142. The molecule has 0 fully saturated rings. The molecule has 13 heteroatoms. The summed E-state index contributed by atoms with van der Waals surface area (Å²) in [6.07, 6.45) is 0.219. The summed E-state index contributed by atoms with van der Waals surface area (Å²) in [5.41, 5.74) is 22.0. The number of nitrogens with two attached hydrogens (primary N) is 4. The normalized spacial score (nSPS) is 13.2. The van der Waals surface area contributed by atoms with Gasteiger partial charge in [0.2, 0.25) is 17.7 Å². The van der Waals surface area contributed by atoms with Crippen molar-refractivity contribution in [3.8, 4) is 5.75 Å². The van der Waals surface area contributed by atoms with E-state index in [4.69, 9.17) is 22.9 Å². The van der Waals surface area contributed by atoms with E-state index in [0.717, 1.165) is 0 Å². The van der Waals surface area contributed by atoms with E-state index in [2.05, 4.69) is 15.6 Å². The Balaban J connectivity index is 2.90. The minimum Gasteiger partial charge on any atom is -0.508 e. The molecule has 0 bridgehead atoms. The average Bonchev–Trinajstić information content (AvgIpc) is 2.74. The number of carbonyl (C=O) groups is 4. The van der Waals surface area contributed by atoms with Gasteiger partial charge in [-0.3, -0.25) is 19.4 Å². The van der Waals surface area contributed by atoms with E-state index < -0.39 is 41.8 Å². The molecule has 0 aliphatic rings. The number of aliphatic imine (C=N–C) groups is 1. The molecule has 33 heavy (non-hydrogen) atoms. The number of carboxylic acids is 1. The first-order valence-electron chi connectivity index (χ1n) is 10.2. The number of carboxylic acid groups (broad SMARTS) is 1. The Hall–Kier alpha value is -3.87. The number of amides is 3. The standard InChI is InChI=1S/C20H31N7O6/c21-13(2-1-9-25-20(23)24)17(30)27-15(10-11-3-5-12(28)6-4-11)18(31)26-14(19(32)33)7-8-16(22)29/h3-6,13-15,28H,1-2,7-10,21H2,(H2,22,29)(H,26,31)(H,27,30)(H,32,33)(H4,23,24,25)/t13-,14-,15-/m0/s1. The van der Waals surface area contributed by atoms with Crippen LogP contribution in [0.15, 0.2) is 29.3 Å². The van der Waals surface area contributed by atoms with Gasteiger partial charge in [-0.25, -0.2) is 4.79 Å². The van der Waals surface area contributed by atoms with Crippen LogP contribution in [0.1, 0.15) is 31.2 Å². The minimum atomic E-state index is -1.38. The Kier molecular flexibility index (Phi) is 11.1. The van der Waals surface area contributed by atoms with Crippen LogP contribution in [0.5, 0.6) is 5.75 Å². The van der Waals surface area contributed by atoms with Gasteiger partial charge in [0.1, 0.15) is 17.8 Å². The molecule has 1 aromatic carbocycles. The average molecular weight is 466 g/mol. The molecule has 3 atom stereocenters. The van der Waals surface area contributed by atoms with E-state index >= 15 is 0 Å². The van der Waals surface area contributed by atoms with Gasteiger partial charge in [0.25, 0.3) is 0 Å². The third-order valence-corrected chi connectivity index (χ3v) is 4.61.